The first-order chi connectivity index (χ1) is 11.0. The number of amides is 2. The molecule has 1 fully saturated rings. The molecule has 2 amide bonds. The van der Waals surface area contributed by atoms with E-state index in [1.165, 1.54) is 0 Å². The highest BCUT2D eigenvalue weighted by Gasteiger charge is 2.28. The molecule has 122 valence electrons. The molecule has 2 unspecified atom stereocenters. The van der Waals surface area contributed by atoms with Crippen LogP contribution in [0.3, 0.4) is 0 Å². The molecule has 1 heterocycles. The van der Waals surface area contributed by atoms with Gasteiger partial charge in [0.15, 0.2) is 0 Å². The van der Waals surface area contributed by atoms with Crippen LogP contribution in [0.2, 0.25) is 0 Å². The van der Waals surface area contributed by atoms with E-state index in [0.717, 1.165) is 18.4 Å². The van der Waals surface area contributed by atoms with Crippen LogP contribution in [0.25, 0.3) is 0 Å². The van der Waals surface area contributed by atoms with Crippen molar-refractivity contribution in [1.29, 1.82) is 5.26 Å². The zero-order valence-electron chi connectivity index (χ0n) is 13.7. The minimum absolute atomic E-state index is 0.0205. The molecular formula is C18H23N3O2. The molecule has 0 bridgehead atoms. The second-order valence-electron chi connectivity index (χ2n) is 6.23. The van der Waals surface area contributed by atoms with Gasteiger partial charge in [0.1, 0.15) is 0 Å². The number of carbonyl (C=O) groups is 2. The Labute approximate surface area is 137 Å². The number of nitrogens with zero attached hydrogens (tertiary/aromatic N) is 2. The van der Waals surface area contributed by atoms with E-state index < -0.39 is 0 Å². The lowest BCUT2D eigenvalue weighted by atomic mass is 9.96. The van der Waals surface area contributed by atoms with Crippen LogP contribution in [0.15, 0.2) is 24.3 Å². The van der Waals surface area contributed by atoms with Gasteiger partial charge < -0.3 is 10.2 Å². The van der Waals surface area contributed by atoms with E-state index in [9.17, 15) is 9.59 Å². The van der Waals surface area contributed by atoms with Crippen LogP contribution in [-0.2, 0) is 4.79 Å². The SMILES string of the molecule is Cc1ccc(C(=O)N2CCCC(C(=O)NCC(C)C#N)C2)cc1. The molecule has 1 saturated heterocycles. The summed E-state index contributed by atoms with van der Waals surface area (Å²) in [5.74, 6) is -0.474. The molecule has 0 aromatic heterocycles. The summed E-state index contributed by atoms with van der Waals surface area (Å²) in [6.45, 7) is 5.24. The van der Waals surface area contributed by atoms with Gasteiger partial charge in [0, 0.05) is 25.2 Å². The lowest BCUT2D eigenvalue weighted by Crippen LogP contribution is -2.46. The number of nitrogens with one attached hydrogen (secondary N) is 1. The van der Waals surface area contributed by atoms with E-state index in [2.05, 4.69) is 11.4 Å². The monoisotopic (exact) mass is 313 g/mol. The van der Waals surface area contributed by atoms with Gasteiger partial charge in [0.05, 0.1) is 17.9 Å². The summed E-state index contributed by atoms with van der Waals surface area (Å²) in [6, 6.07) is 9.60. The van der Waals surface area contributed by atoms with Crippen molar-refractivity contribution in [3.63, 3.8) is 0 Å². The standard InChI is InChI=1S/C18H23N3O2/c1-13-5-7-15(8-6-13)18(23)21-9-3-4-16(12-21)17(22)20-11-14(2)10-19/h5-8,14,16H,3-4,9,11-12H2,1-2H3,(H,20,22). The predicted octanol–water partition coefficient (Wildman–Crippen LogP) is 2.12. The van der Waals surface area contributed by atoms with Crippen molar-refractivity contribution in [2.24, 2.45) is 11.8 Å². The molecule has 1 aliphatic rings. The molecule has 0 saturated carbocycles. The topological polar surface area (TPSA) is 73.2 Å². The lowest BCUT2D eigenvalue weighted by Gasteiger charge is -2.32. The van der Waals surface area contributed by atoms with Crippen molar-refractivity contribution in [3.8, 4) is 6.07 Å². The number of hydrogen-bond donors (Lipinski definition) is 1. The number of rotatable bonds is 4. The largest absolute Gasteiger partial charge is 0.354 e. The third kappa shape index (κ3) is 4.56. The molecule has 0 spiro atoms. The first kappa shape index (κ1) is 17.0. The van der Waals surface area contributed by atoms with E-state index in [-0.39, 0.29) is 23.7 Å². The van der Waals surface area contributed by atoms with Crippen LogP contribution in [0.5, 0.6) is 0 Å². The van der Waals surface area contributed by atoms with Gasteiger partial charge in [-0.2, -0.15) is 5.26 Å². The summed E-state index contributed by atoms with van der Waals surface area (Å²) < 4.78 is 0. The predicted molar refractivity (Wildman–Crippen MR) is 87.6 cm³/mol. The second kappa shape index (κ2) is 7.77. The van der Waals surface area contributed by atoms with Crippen LogP contribution in [0.1, 0.15) is 35.7 Å². The highest BCUT2D eigenvalue weighted by molar-refractivity contribution is 5.94. The summed E-state index contributed by atoms with van der Waals surface area (Å²) in [5, 5.41) is 11.6. The molecule has 0 radical (unpaired) electrons. The number of aryl methyl sites for hydroxylation is 1. The molecule has 5 nitrogen and oxygen atoms in total. The summed E-state index contributed by atoms with van der Waals surface area (Å²) in [5.41, 5.74) is 1.78. The molecular weight excluding hydrogens is 290 g/mol. The number of likely N-dealkylation sites (tertiary alicyclic amines) is 1. The molecule has 1 aromatic carbocycles. The maximum Gasteiger partial charge on any atom is 0.253 e. The van der Waals surface area contributed by atoms with Crippen LogP contribution in [0.4, 0.5) is 0 Å². The van der Waals surface area contributed by atoms with Crippen molar-refractivity contribution in [2.45, 2.75) is 26.7 Å². The maximum absolute atomic E-state index is 12.5. The molecule has 23 heavy (non-hydrogen) atoms. The van der Waals surface area contributed by atoms with Gasteiger partial charge >= 0.3 is 0 Å². The molecule has 2 rings (SSSR count). The summed E-state index contributed by atoms with van der Waals surface area (Å²) in [4.78, 5) is 26.5. The third-order valence-corrected chi connectivity index (χ3v) is 4.18. The van der Waals surface area contributed by atoms with E-state index in [4.69, 9.17) is 5.26 Å². The van der Waals surface area contributed by atoms with Crippen LogP contribution < -0.4 is 5.32 Å². The minimum atomic E-state index is -0.201. The van der Waals surface area contributed by atoms with Gasteiger partial charge in [-0.3, -0.25) is 9.59 Å². The Balaban J connectivity index is 1.95. The number of hydrogen-bond acceptors (Lipinski definition) is 3. The summed E-state index contributed by atoms with van der Waals surface area (Å²) >= 11 is 0. The van der Waals surface area contributed by atoms with Crippen molar-refractivity contribution >= 4 is 11.8 Å². The van der Waals surface area contributed by atoms with Crippen LogP contribution >= 0.6 is 0 Å². The third-order valence-electron chi connectivity index (χ3n) is 4.18. The first-order valence-corrected chi connectivity index (χ1v) is 8.04. The van der Waals surface area contributed by atoms with E-state index in [1.807, 2.05) is 31.2 Å². The number of nitriles is 1. The maximum atomic E-state index is 12.5. The van der Waals surface area contributed by atoms with Gasteiger partial charge in [-0.1, -0.05) is 17.7 Å². The van der Waals surface area contributed by atoms with E-state index in [1.54, 1.807) is 11.8 Å². The zero-order chi connectivity index (χ0) is 16.8. The van der Waals surface area contributed by atoms with Crippen LogP contribution in [0, 0.1) is 30.1 Å². The Kier molecular flexibility index (Phi) is 5.75. The Morgan fingerprint density at radius 2 is 2.09 bits per heavy atom. The van der Waals surface area contributed by atoms with Crippen molar-refractivity contribution in [2.75, 3.05) is 19.6 Å². The fourth-order valence-electron chi connectivity index (χ4n) is 2.70. The Morgan fingerprint density at radius 3 is 2.74 bits per heavy atom. The Bertz CT molecular complexity index is 604. The molecule has 1 aromatic rings. The average molecular weight is 313 g/mol. The second-order valence-corrected chi connectivity index (χ2v) is 6.23. The Hall–Kier alpha value is -2.35. The smallest absolute Gasteiger partial charge is 0.253 e. The van der Waals surface area contributed by atoms with Crippen molar-refractivity contribution in [3.05, 3.63) is 35.4 Å². The van der Waals surface area contributed by atoms with Crippen LogP contribution in [-0.4, -0.2) is 36.3 Å². The normalized spacial score (nSPS) is 18.8. The molecule has 0 aliphatic carbocycles. The summed E-state index contributed by atoms with van der Waals surface area (Å²) in [7, 11) is 0. The average Bonchev–Trinajstić information content (AvgIpc) is 2.59. The van der Waals surface area contributed by atoms with Crippen molar-refractivity contribution in [1.82, 2.24) is 10.2 Å². The molecule has 1 aliphatic heterocycles. The zero-order valence-corrected chi connectivity index (χ0v) is 13.7. The first-order valence-electron chi connectivity index (χ1n) is 8.04. The fourth-order valence-corrected chi connectivity index (χ4v) is 2.70. The number of piperidine rings is 1. The highest BCUT2D eigenvalue weighted by atomic mass is 16.2. The fraction of sp³-hybridized carbons (Fsp3) is 0.500. The number of carbonyl (C=O) groups excluding carboxylic acids is 2. The highest BCUT2D eigenvalue weighted by Crippen LogP contribution is 2.19. The van der Waals surface area contributed by atoms with Crippen molar-refractivity contribution < 1.29 is 9.59 Å². The van der Waals surface area contributed by atoms with Gasteiger partial charge in [-0.15, -0.1) is 0 Å². The van der Waals surface area contributed by atoms with Gasteiger partial charge in [0.2, 0.25) is 5.91 Å². The van der Waals surface area contributed by atoms with Gasteiger partial charge in [0.25, 0.3) is 5.91 Å². The number of benzene rings is 1. The van der Waals surface area contributed by atoms with Gasteiger partial charge in [-0.05, 0) is 38.8 Å². The molecule has 5 heteroatoms. The summed E-state index contributed by atoms with van der Waals surface area (Å²) in [6.07, 6.45) is 1.61. The van der Waals surface area contributed by atoms with Gasteiger partial charge in [-0.25, -0.2) is 0 Å². The quantitative estimate of drug-likeness (QED) is 0.925. The Morgan fingerprint density at radius 1 is 1.39 bits per heavy atom. The van der Waals surface area contributed by atoms with E-state index >= 15 is 0 Å². The molecule has 1 N–H and O–H groups in total. The lowest BCUT2D eigenvalue weighted by molar-refractivity contribution is -0.126. The minimum Gasteiger partial charge on any atom is -0.354 e. The van der Waals surface area contributed by atoms with E-state index in [0.29, 0.717) is 25.2 Å². The molecule has 2 atom stereocenters.